The molecule has 1 rings (SSSR count). The van der Waals surface area contributed by atoms with Crippen LogP contribution in [0.25, 0.3) is 0 Å². The van der Waals surface area contributed by atoms with Gasteiger partial charge in [0, 0.05) is 20.2 Å². The van der Waals surface area contributed by atoms with Crippen molar-refractivity contribution >= 4 is 0 Å². The second-order valence-electron chi connectivity index (χ2n) is 3.70. The normalized spacial score (nSPS) is 11.2. The van der Waals surface area contributed by atoms with Crippen molar-refractivity contribution in [3.05, 3.63) is 11.4 Å². The standard InChI is InChI=1S/C9H18N4O/c1-7(2)5-13-9(6-14-3)8(4-10)11-12-13/h7H,4-6,10H2,1-3H3. The molecule has 0 aliphatic carbocycles. The first-order chi connectivity index (χ1) is 6.69. The average molecular weight is 198 g/mol. The van der Waals surface area contributed by atoms with Crippen LogP contribution < -0.4 is 5.73 Å². The monoisotopic (exact) mass is 198 g/mol. The second kappa shape index (κ2) is 5.07. The molecule has 1 heterocycles. The van der Waals surface area contributed by atoms with Crippen molar-refractivity contribution in [3.8, 4) is 0 Å². The summed E-state index contributed by atoms with van der Waals surface area (Å²) in [6, 6.07) is 0. The first-order valence-electron chi connectivity index (χ1n) is 4.79. The quantitative estimate of drug-likeness (QED) is 0.750. The molecule has 1 aromatic heterocycles. The molecule has 14 heavy (non-hydrogen) atoms. The van der Waals surface area contributed by atoms with E-state index in [1.165, 1.54) is 0 Å². The maximum Gasteiger partial charge on any atom is 0.102 e. The van der Waals surface area contributed by atoms with Gasteiger partial charge in [0.05, 0.1) is 12.3 Å². The third-order valence-corrected chi connectivity index (χ3v) is 1.93. The number of nitrogens with zero attached hydrogens (tertiary/aromatic N) is 3. The number of methoxy groups -OCH3 is 1. The Kier molecular flexibility index (Phi) is 4.03. The van der Waals surface area contributed by atoms with Gasteiger partial charge < -0.3 is 10.5 Å². The molecule has 0 aliphatic rings. The van der Waals surface area contributed by atoms with E-state index in [9.17, 15) is 0 Å². The molecule has 2 N–H and O–H groups in total. The molecule has 0 aliphatic heterocycles. The summed E-state index contributed by atoms with van der Waals surface area (Å²) in [5, 5.41) is 8.07. The van der Waals surface area contributed by atoms with E-state index in [4.69, 9.17) is 10.5 Å². The smallest absolute Gasteiger partial charge is 0.102 e. The zero-order valence-electron chi connectivity index (χ0n) is 9.03. The first-order valence-corrected chi connectivity index (χ1v) is 4.79. The lowest BCUT2D eigenvalue weighted by molar-refractivity contribution is 0.174. The van der Waals surface area contributed by atoms with Crippen molar-refractivity contribution in [2.75, 3.05) is 7.11 Å². The summed E-state index contributed by atoms with van der Waals surface area (Å²) in [5.74, 6) is 0.540. The van der Waals surface area contributed by atoms with Crippen LogP contribution in [0.5, 0.6) is 0 Å². The Morgan fingerprint density at radius 1 is 1.50 bits per heavy atom. The van der Waals surface area contributed by atoms with Gasteiger partial charge in [-0.1, -0.05) is 19.1 Å². The topological polar surface area (TPSA) is 66.0 Å². The van der Waals surface area contributed by atoms with Crippen molar-refractivity contribution in [1.82, 2.24) is 15.0 Å². The van der Waals surface area contributed by atoms with Crippen LogP contribution in [0.4, 0.5) is 0 Å². The molecule has 0 spiro atoms. The molecule has 5 heteroatoms. The Morgan fingerprint density at radius 2 is 2.21 bits per heavy atom. The summed E-state index contributed by atoms with van der Waals surface area (Å²) in [6.45, 7) is 6.06. The Morgan fingerprint density at radius 3 is 2.71 bits per heavy atom. The first kappa shape index (κ1) is 11.1. The fraction of sp³-hybridized carbons (Fsp3) is 0.778. The lowest BCUT2D eigenvalue weighted by Crippen LogP contribution is -2.12. The van der Waals surface area contributed by atoms with E-state index < -0.39 is 0 Å². The average Bonchev–Trinajstić information content (AvgIpc) is 2.48. The van der Waals surface area contributed by atoms with Gasteiger partial charge in [0.25, 0.3) is 0 Å². The van der Waals surface area contributed by atoms with Gasteiger partial charge in [-0.3, -0.25) is 0 Å². The van der Waals surface area contributed by atoms with Gasteiger partial charge in [0.15, 0.2) is 0 Å². The zero-order chi connectivity index (χ0) is 10.6. The van der Waals surface area contributed by atoms with Crippen LogP contribution in [-0.2, 0) is 24.4 Å². The molecular weight excluding hydrogens is 180 g/mol. The largest absolute Gasteiger partial charge is 0.378 e. The van der Waals surface area contributed by atoms with E-state index in [0.717, 1.165) is 17.9 Å². The lowest BCUT2D eigenvalue weighted by Gasteiger charge is -2.08. The molecule has 0 unspecified atom stereocenters. The number of rotatable bonds is 5. The third kappa shape index (κ3) is 2.52. The zero-order valence-corrected chi connectivity index (χ0v) is 9.03. The number of hydrogen-bond acceptors (Lipinski definition) is 4. The predicted molar refractivity (Wildman–Crippen MR) is 53.5 cm³/mol. The van der Waals surface area contributed by atoms with E-state index in [-0.39, 0.29) is 0 Å². The molecule has 0 saturated heterocycles. The summed E-state index contributed by atoms with van der Waals surface area (Å²) in [4.78, 5) is 0. The summed E-state index contributed by atoms with van der Waals surface area (Å²) in [5.41, 5.74) is 7.37. The highest BCUT2D eigenvalue weighted by Crippen LogP contribution is 2.08. The van der Waals surface area contributed by atoms with Crippen molar-refractivity contribution in [3.63, 3.8) is 0 Å². The number of aromatic nitrogens is 3. The minimum Gasteiger partial charge on any atom is -0.378 e. The molecule has 5 nitrogen and oxygen atoms in total. The van der Waals surface area contributed by atoms with Gasteiger partial charge in [0.1, 0.15) is 5.69 Å². The van der Waals surface area contributed by atoms with Crippen molar-refractivity contribution in [1.29, 1.82) is 0 Å². The Balaban J connectivity index is 2.86. The summed E-state index contributed by atoms with van der Waals surface area (Å²) in [6.07, 6.45) is 0. The van der Waals surface area contributed by atoms with E-state index in [1.807, 2.05) is 4.68 Å². The van der Waals surface area contributed by atoms with Crippen LogP contribution in [0.1, 0.15) is 25.2 Å². The molecule has 1 aromatic rings. The fourth-order valence-electron chi connectivity index (χ4n) is 1.31. The molecule has 0 radical (unpaired) electrons. The Hall–Kier alpha value is -0.940. The van der Waals surface area contributed by atoms with Crippen molar-refractivity contribution in [2.45, 2.75) is 33.5 Å². The van der Waals surface area contributed by atoms with Gasteiger partial charge >= 0.3 is 0 Å². The third-order valence-electron chi connectivity index (χ3n) is 1.93. The van der Waals surface area contributed by atoms with Crippen molar-refractivity contribution < 1.29 is 4.74 Å². The van der Waals surface area contributed by atoms with Gasteiger partial charge in [-0.15, -0.1) is 5.10 Å². The number of ether oxygens (including phenoxy) is 1. The Bertz CT molecular complexity index is 282. The van der Waals surface area contributed by atoms with Gasteiger partial charge in [-0.05, 0) is 5.92 Å². The summed E-state index contributed by atoms with van der Waals surface area (Å²) < 4.78 is 6.97. The SMILES string of the molecule is COCc1c(CN)nnn1CC(C)C. The van der Waals surface area contributed by atoms with E-state index in [0.29, 0.717) is 19.1 Å². The molecule has 0 fully saturated rings. The van der Waals surface area contributed by atoms with Crippen LogP contribution in [0.3, 0.4) is 0 Å². The Labute approximate surface area is 84.2 Å². The predicted octanol–water partition coefficient (Wildman–Crippen LogP) is 0.539. The number of nitrogens with two attached hydrogens (primary N) is 1. The highest BCUT2D eigenvalue weighted by molar-refractivity contribution is 5.08. The molecular formula is C9H18N4O. The van der Waals surface area contributed by atoms with Crippen molar-refractivity contribution in [2.24, 2.45) is 11.7 Å². The molecule has 80 valence electrons. The van der Waals surface area contributed by atoms with Gasteiger partial charge in [-0.2, -0.15) is 0 Å². The molecule has 0 saturated carbocycles. The molecule has 0 atom stereocenters. The highest BCUT2D eigenvalue weighted by Gasteiger charge is 2.11. The number of hydrogen-bond donors (Lipinski definition) is 1. The molecule has 0 aromatic carbocycles. The van der Waals surface area contributed by atoms with E-state index in [1.54, 1.807) is 7.11 Å². The van der Waals surface area contributed by atoms with E-state index >= 15 is 0 Å². The molecule has 0 bridgehead atoms. The summed E-state index contributed by atoms with van der Waals surface area (Å²) >= 11 is 0. The van der Waals surface area contributed by atoms with Crippen LogP contribution in [-0.4, -0.2) is 22.1 Å². The maximum atomic E-state index is 5.55. The minimum atomic E-state index is 0.413. The fourth-order valence-corrected chi connectivity index (χ4v) is 1.31. The lowest BCUT2D eigenvalue weighted by atomic mass is 10.2. The van der Waals surface area contributed by atoms with Crippen LogP contribution in [0, 0.1) is 5.92 Å². The van der Waals surface area contributed by atoms with Crippen LogP contribution in [0.2, 0.25) is 0 Å². The van der Waals surface area contributed by atoms with Crippen LogP contribution >= 0.6 is 0 Å². The van der Waals surface area contributed by atoms with Gasteiger partial charge in [-0.25, -0.2) is 4.68 Å². The maximum absolute atomic E-state index is 5.55. The second-order valence-corrected chi connectivity index (χ2v) is 3.70. The van der Waals surface area contributed by atoms with Gasteiger partial charge in [0.2, 0.25) is 0 Å². The van der Waals surface area contributed by atoms with E-state index in [2.05, 4.69) is 24.2 Å². The van der Waals surface area contributed by atoms with Crippen LogP contribution in [0.15, 0.2) is 0 Å². The summed E-state index contributed by atoms with van der Waals surface area (Å²) in [7, 11) is 1.66. The minimum absolute atomic E-state index is 0.413. The molecule has 0 amide bonds. The highest BCUT2D eigenvalue weighted by atomic mass is 16.5.